The predicted octanol–water partition coefficient (Wildman–Crippen LogP) is 3.49. The van der Waals surface area contributed by atoms with E-state index in [9.17, 15) is 4.79 Å². The first-order valence-corrected chi connectivity index (χ1v) is 7.14. The van der Waals surface area contributed by atoms with Crippen molar-refractivity contribution >= 4 is 16.6 Å². The summed E-state index contributed by atoms with van der Waals surface area (Å²) in [4.78, 5) is 14.9. The van der Waals surface area contributed by atoms with Crippen molar-refractivity contribution in [1.29, 1.82) is 0 Å². The van der Waals surface area contributed by atoms with Crippen LogP contribution in [0.4, 0.5) is 5.82 Å². The van der Waals surface area contributed by atoms with Gasteiger partial charge >= 0.3 is 0 Å². The molecule has 0 aliphatic rings. The Balaban J connectivity index is 1.74. The third-order valence-corrected chi connectivity index (χ3v) is 3.72. The summed E-state index contributed by atoms with van der Waals surface area (Å²) in [6.45, 7) is 2.91. The van der Waals surface area contributed by atoms with E-state index in [1.54, 1.807) is 0 Å². The average Bonchev–Trinajstić information content (AvgIpc) is 2.49. The molecular formula is C18H18N2O. The van der Waals surface area contributed by atoms with Gasteiger partial charge in [0.15, 0.2) is 0 Å². The molecule has 0 aliphatic carbocycles. The minimum absolute atomic E-state index is 0.0495. The quantitative estimate of drug-likeness (QED) is 0.767. The van der Waals surface area contributed by atoms with Crippen molar-refractivity contribution < 1.29 is 0 Å². The van der Waals surface area contributed by atoms with E-state index in [-0.39, 0.29) is 5.56 Å². The van der Waals surface area contributed by atoms with E-state index in [1.807, 2.05) is 36.4 Å². The van der Waals surface area contributed by atoms with Gasteiger partial charge in [-0.1, -0.05) is 42.5 Å². The van der Waals surface area contributed by atoms with E-state index in [0.29, 0.717) is 0 Å². The van der Waals surface area contributed by atoms with Gasteiger partial charge in [0, 0.05) is 11.9 Å². The van der Waals surface area contributed by atoms with Crippen LogP contribution in [0.3, 0.4) is 0 Å². The summed E-state index contributed by atoms with van der Waals surface area (Å²) in [5.74, 6) is 0.771. The Morgan fingerprint density at radius 3 is 2.67 bits per heavy atom. The normalized spacial score (nSPS) is 10.7. The van der Waals surface area contributed by atoms with Crippen molar-refractivity contribution in [2.24, 2.45) is 0 Å². The van der Waals surface area contributed by atoms with Crippen LogP contribution in [0.1, 0.15) is 11.1 Å². The molecule has 3 aromatic rings. The maximum Gasteiger partial charge on any atom is 0.257 e. The molecule has 0 saturated carbocycles. The summed E-state index contributed by atoms with van der Waals surface area (Å²) in [5.41, 5.74) is 2.57. The number of rotatable bonds is 4. The van der Waals surface area contributed by atoms with Crippen LogP contribution in [0, 0.1) is 6.92 Å². The zero-order valence-corrected chi connectivity index (χ0v) is 12.0. The smallest absolute Gasteiger partial charge is 0.257 e. The molecule has 0 fully saturated rings. The third-order valence-electron chi connectivity index (χ3n) is 3.72. The lowest BCUT2D eigenvalue weighted by Crippen LogP contribution is -2.13. The molecule has 3 rings (SSSR count). The van der Waals surface area contributed by atoms with Gasteiger partial charge in [0.2, 0.25) is 0 Å². The molecule has 0 amide bonds. The average molecular weight is 278 g/mol. The molecular weight excluding hydrogens is 260 g/mol. The number of aromatic amines is 1. The molecule has 0 saturated heterocycles. The highest BCUT2D eigenvalue weighted by molar-refractivity contribution is 5.83. The summed E-state index contributed by atoms with van der Waals surface area (Å²) in [5, 5.41) is 4.98. The fourth-order valence-corrected chi connectivity index (χ4v) is 2.53. The molecule has 1 heterocycles. The zero-order valence-electron chi connectivity index (χ0n) is 12.0. The minimum atomic E-state index is -0.0495. The van der Waals surface area contributed by atoms with Gasteiger partial charge in [-0.3, -0.25) is 4.79 Å². The van der Waals surface area contributed by atoms with Gasteiger partial charge in [0.05, 0.1) is 0 Å². The first-order valence-electron chi connectivity index (χ1n) is 7.14. The summed E-state index contributed by atoms with van der Waals surface area (Å²) < 4.78 is 0. The van der Waals surface area contributed by atoms with Crippen LogP contribution in [-0.2, 0) is 6.42 Å². The van der Waals surface area contributed by atoms with Crippen LogP contribution in [0.2, 0.25) is 0 Å². The Kier molecular flexibility index (Phi) is 3.73. The molecule has 0 aliphatic heterocycles. The molecule has 0 bridgehead atoms. The number of fused-ring (bicyclic) bond motifs is 1. The Hall–Kier alpha value is -2.55. The van der Waals surface area contributed by atoms with Crippen LogP contribution >= 0.6 is 0 Å². The molecule has 2 aromatic carbocycles. The highest BCUT2D eigenvalue weighted by Crippen LogP contribution is 2.13. The number of anilines is 1. The van der Waals surface area contributed by atoms with Gasteiger partial charge in [-0.25, -0.2) is 0 Å². The topological polar surface area (TPSA) is 44.9 Å². The van der Waals surface area contributed by atoms with Crippen LogP contribution in [0.5, 0.6) is 0 Å². The fourth-order valence-electron chi connectivity index (χ4n) is 2.53. The first kappa shape index (κ1) is 13.4. The van der Waals surface area contributed by atoms with Crippen molar-refractivity contribution in [2.75, 3.05) is 11.9 Å². The van der Waals surface area contributed by atoms with Crippen LogP contribution in [-0.4, -0.2) is 11.5 Å². The van der Waals surface area contributed by atoms with E-state index < -0.39 is 0 Å². The standard InChI is InChI=1S/C18H18N2O/c1-13-6-2-3-7-14(13)10-11-19-17-12-15-8-4-5-9-16(15)18(21)20-17/h2-9,12H,10-11H2,1H3,(H2,19,20,21). The summed E-state index contributed by atoms with van der Waals surface area (Å²) in [7, 11) is 0. The summed E-state index contributed by atoms with van der Waals surface area (Å²) >= 11 is 0. The Morgan fingerprint density at radius 2 is 1.81 bits per heavy atom. The number of aromatic nitrogens is 1. The maximum atomic E-state index is 12.0. The molecule has 3 heteroatoms. The van der Waals surface area contributed by atoms with E-state index in [4.69, 9.17) is 0 Å². The number of H-pyrrole nitrogens is 1. The molecule has 3 nitrogen and oxygen atoms in total. The fraction of sp³-hybridized carbons (Fsp3) is 0.167. The highest BCUT2D eigenvalue weighted by Gasteiger charge is 2.01. The van der Waals surface area contributed by atoms with Gasteiger partial charge in [-0.2, -0.15) is 0 Å². The van der Waals surface area contributed by atoms with Gasteiger partial charge in [-0.05, 0) is 42.0 Å². The monoisotopic (exact) mass is 278 g/mol. The summed E-state index contributed by atoms with van der Waals surface area (Å²) in [6.07, 6.45) is 0.932. The number of hydrogen-bond donors (Lipinski definition) is 2. The molecule has 0 radical (unpaired) electrons. The largest absolute Gasteiger partial charge is 0.371 e. The van der Waals surface area contributed by atoms with Crippen molar-refractivity contribution in [3.63, 3.8) is 0 Å². The molecule has 21 heavy (non-hydrogen) atoms. The number of pyridine rings is 1. The van der Waals surface area contributed by atoms with Gasteiger partial charge in [-0.15, -0.1) is 0 Å². The van der Waals surface area contributed by atoms with E-state index in [1.165, 1.54) is 11.1 Å². The van der Waals surface area contributed by atoms with Crippen molar-refractivity contribution in [1.82, 2.24) is 4.98 Å². The lowest BCUT2D eigenvalue weighted by molar-refractivity contribution is 0.992. The summed E-state index contributed by atoms with van der Waals surface area (Å²) in [6, 6.07) is 18.0. The molecule has 0 spiro atoms. The Labute approximate surface area is 123 Å². The Bertz CT molecular complexity index is 821. The van der Waals surface area contributed by atoms with E-state index in [2.05, 4.69) is 35.4 Å². The third kappa shape index (κ3) is 2.97. The second-order valence-electron chi connectivity index (χ2n) is 5.20. The van der Waals surface area contributed by atoms with Gasteiger partial charge in [0.25, 0.3) is 5.56 Å². The number of nitrogens with one attached hydrogen (secondary N) is 2. The van der Waals surface area contributed by atoms with Gasteiger partial charge in [0.1, 0.15) is 5.82 Å². The highest BCUT2D eigenvalue weighted by atomic mass is 16.1. The second kappa shape index (κ2) is 5.83. The molecule has 1 aromatic heterocycles. The number of benzene rings is 2. The lowest BCUT2D eigenvalue weighted by atomic mass is 10.1. The zero-order chi connectivity index (χ0) is 14.7. The maximum absolute atomic E-state index is 12.0. The Morgan fingerprint density at radius 1 is 1.05 bits per heavy atom. The van der Waals surface area contributed by atoms with Crippen molar-refractivity contribution in [3.05, 3.63) is 76.1 Å². The molecule has 0 atom stereocenters. The SMILES string of the molecule is Cc1ccccc1CCNc1cc2ccccc2c(=O)[nH]1. The molecule has 0 unspecified atom stereocenters. The van der Waals surface area contributed by atoms with Crippen LogP contribution in [0.25, 0.3) is 10.8 Å². The van der Waals surface area contributed by atoms with Gasteiger partial charge < -0.3 is 10.3 Å². The van der Waals surface area contributed by atoms with Crippen molar-refractivity contribution in [3.8, 4) is 0 Å². The molecule has 2 N–H and O–H groups in total. The number of aryl methyl sites for hydroxylation is 1. The van der Waals surface area contributed by atoms with Crippen LogP contribution in [0.15, 0.2) is 59.4 Å². The second-order valence-corrected chi connectivity index (χ2v) is 5.20. The number of hydrogen-bond acceptors (Lipinski definition) is 2. The van der Waals surface area contributed by atoms with E-state index in [0.717, 1.165) is 29.6 Å². The van der Waals surface area contributed by atoms with Crippen LogP contribution < -0.4 is 10.9 Å². The minimum Gasteiger partial charge on any atom is -0.371 e. The first-order chi connectivity index (χ1) is 10.2. The van der Waals surface area contributed by atoms with Crippen molar-refractivity contribution in [2.45, 2.75) is 13.3 Å². The predicted molar refractivity (Wildman–Crippen MR) is 87.9 cm³/mol. The van der Waals surface area contributed by atoms with E-state index >= 15 is 0 Å². The lowest BCUT2D eigenvalue weighted by Gasteiger charge is -2.09. The molecule has 106 valence electrons.